The summed E-state index contributed by atoms with van der Waals surface area (Å²) in [6.07, 6.45) is 3.44. The summed E-state index contributed by atoms with van der Waals surface area (Å²) < 4.78 is 0. The molecule has 0 aromatic heterocycles. The fraction of sp³-hybridized carbons (Fsp3) is 0.273. The smallest absolute Gasteiger partial charge is 0.115 e. The van der Waals surface area contributed by atoms with Gasteiger partial charge in [-0.25, -0.2) is 5.57 Å². The summed E-state index contributed by atoms with van der Waals surface area (Å²) >= 11 is 0. The molecule has 3 rings (SSSR count). The second-order valence-electron chi connectivity index (χ2n) is 6.30. The maximum absolute atomic E-state index is 8.63. The molecule has 2 N–H and O–H groups in total. The van der Waals surface area contributed by atoms with Crippen LogP contribution in [0.15, 0.2) is 77.4 Å². The average molecular weight is 407 g/mol. The molecule has 0 aliphatic heterocycles. The number of phenols is 2. The fourth-order valence-corrected chi connectivity index (χ4v) is 2.26. The van der Waals surface area contributed by atoms with Crippen LogP contribution in [0.25, 0.3) is 0 Å². The molecule has 2 aromatic carbocycles. The number of hydrogen-bond acceptors (Lipinski definition) is 2. The summed E-state index contributed by atoms with van der Waals surface area (Å²) in [7, 11) is 0. The van der Waals surface area contributed by atoms with Gasteiger partial charge < -0.3 is 22.6 Å². The van der Waals surface area contributed by atoms with Gasteiger partial charge in [0.05, 0.1) is 0 Å². The Kier molecular flexibility index (Phi) is 13.2. The quantitative estimate of drug-likeness (QED) is 0.522. The molecule has 2 aromatic rings. The molecule has 0 heterocycles. The molecule has 0 saturated carbocycles. The van der Waals surface area contributed by atoms with Gasteiger partial charge in [0.15, 0.2) is 0 Å². The minimum Gasteiger partial charge on any atom is -1.00 e. The molecule has 4 heteroatoms. The van der Waals surface area contributed by atoms with Gasteiger partial charge in [0.25, 0.3) is 0 Å². The van der Waals surface area contributed by atoms with Crippen LogP contribution in [0.3, 0.4) is 0 Å². The SMILES string of the molecule is CC1=[C-]C(C)(C)C(C)=C1C.Oc1ccccc1.Oc1ccccc1.[Cl-].[Ti]. The van der Waals surface area contributed by atoms with Crippen LogP contribution in [-0.4, -0.2) is 10.2 Å². The molecule has 1 aliphatic carbocycles. The van der Waals surface area contributed by atoms with Gasteiger partial charge in [0.2, 0.25) is 0 Å². The van der Waals surface area contributed by atoms with Crippen molar-refractivity contribution in [3.05, 3.63) is 83.5 Å². The van der Waals surface area contributed by atoms with E-state index in [0.29, 0.717) is 11.5 Å². The number of hydrogen-bond donors (Lipinski definition) is 2. The Labute approximate surface area is 179 Å². The Morgan fingerprint density at radius 2 is 1.08 bits per heavy atom. The van der Waals surface area contributed by atoms with Crippen LogP contribution in [0.5, 0.6) is 11.5 Å². The van der Waals surface area contributed by atoms with Crippen molar-refractivity contribution < 1.29 is 44.3 Å². The predicted molar refractivity (Wildman–Crippen MR) is 101 cm³/mol. The van der Waals surface area contributed by atoms with E-state index in [1.54, 1.807) is 48.5 Å². The molecule has 0 atom stereocenters. The molecule has 0 unspecified atom stereocenters. The van der Waals surface area contributed by atoms with Crippen LogP contribution in [0.4, 0.5) is 0 Å². The Hall–Kier alpha value is -1.48. The molecule has 0 fully saturated rings. The molecule has 0 radical (unpaired) electrons. The van der Waals surface area contributed by atoms with Gasteiger partial charge in [-0.1, -0.05) is 69.5 Å². The molecule has 0 spiro atoms. The van der Waals surface area contributed by atoms with Gasteiger partial charge in [0, 0.05) is 21.7 Å². The van der Waals surface area contributed by atoms with E-state index < -0.39 is 0 Å². The fourth-order valence-electron chi connectivity index (χ4n) is 2.26. The summed E-state index contributed by atoms with van der Waals surface area (Å²) in [6.45, 7) is 10.9. The standard InChI is InChI=1S/C10H15.2C6H6O.ClH.Ti/c1-7-6-10(4,5)9(3)8(7)2;2*7-6-4-2-1-3-5-6;;/h1-5H3;2*1-5,7H;1H;/q-1;;;;/p-1. The maximum Gasteiger partial charge on any atom is 0.115 e. The second kappa shape index (κ2) is 12.8. The zero-order valence-corrected chi connectivity index (χ0v) is 18.4. The molecule has 0 saturated heterocycles. The zero-order chi connectivity index (χ0) is 18.2. The number of para-hydroxylation sites is 2. The van der Waals surface area contributed by atoms with E-state index in [0.717, 1.165) is 0 Å². The Morgan fingerprint density at radius 3 is 1.19 bits per heavy atom. The van der Waals surface area contributed by atoms with Crippen molar-refractivity contribution in [2.24, 2.45) is 5.41 Å². The van der Waals surface area contributed by atoms with E-state index in [1.165, 1.54) is 16.7 Å². The summed E-state index contributed by atoms with van der Waals surface area (Å²) in [6, 6.07) is 17.4. The molecule has 0 amide bonds. The van der Waals surface area contributed by atoms with Crippen LogP contribution >= 0.6 is 0 Å². The van der Waals surface area contributed by atoms with Crippen molar-refractivity contribution >= 4 is 0 Å². The molecular formula is C22H27ClO2Ti-2. The number of halogens is 1. The summed E-state index contributed by atoms with van der Waals surface area (Å²) in [5.41, 5.74) is 4.39. The van der Waals surface area contributed by atoms with E-state index in [4.69, 9.17) is 10.2 Å². The molecule has 2 nitrogen and oxygen atoms in total. The largest absolute Gasteiger partial charge is 1.00 e. The first-order chi connectivity index (χ1) is 11.2. The zero-order valence-electron chi connectivity index (χ0n) is 16.0. The molecular weight excluding hydrogens is 380 g/mol. The molecule has 26 heavy (non-hydrogen) atoms. The summed E-state index contributed by atoms with van der Waals surface area (Å²) in [5, 5.41) is 17.3. The Morgan fingerprint density at radius 1 is 0.731 bits per heavy atom. The van der Waals surface area contributed by atoms with Gasteiger partial charge in [-0.2, -0.15) is 11.1 Å². The Bertz CT molecular complexity index is 655. The summed E-state index contributed by atoms with van der Waals surface area (Å²) in [5.74, 6) is 0.644. The van der Waals surface area contributed by atoms with Crippen LogP contribution in [0.1, 0.15) is 34.6 Å². The van der Waals surface area contributed by atoms with Crippen molar-refractivity contribution in [3.8, 4) is 11.5 Å². The van der Waals surface area contributed by atoms with E-state index in [-0.39, 0.29) is 39.5 Å². The minimum atomic E-state index is 0. The van der Waals surface area contributed by atoms with Crippen molar-refractivity contribution in [2.75, 3.05) is 0 Å². The summed E-state index contributed by atoms with van der Waals surface area (Å²) in [4.78, 5) is 0. The van der Waals surface area contributed by atoms with Crippen LogP contribution in [0.2, 0.25) is 0 Å². The maximum atomic E-state index is 8.63. The molecule has 140 valence electrons. The third kappa shape index (κ3) is 9.29. The van der Waals surface area contributed by atoms with Crippen LogP contribution in [-0.2, 0) is 21.7 Å². The van der Waals surface area contributed by atoms with Gasteiger partial charge in [-0.05, 0) is 24.3 Å². The average Bonchev–Trinajstić information content (AvgIpc) is 2.72. The van der Waals surface area contributed by atoms with Gasteiger partial charge in [-0.15, -0.1) is 6.92 Å². The topological polar surface area (TPSA) is 40.5 Å². The third-order valence-corrected chi connectivity index (χ3v) is 4.07. The molecule has 0 bridgehead atoms. The van der Waals surface area contributed by atoms with E-state index >= 15 is 0 Å². The van der Waals surface area contributed by atoms with E-state index in [2.05, 4.69) is 40.7 Å². The van der Waals surface area contributed by atoms with Crippen molar-refractivity contribution in [1.82, 2.24) is 0 Å². The predicted octanol–water partition coefficient (Wildman–Crippen LogP) is 2.90. The first-order valence-corrected chi connectivity index (χ1v) is 8.02. The number of aromatic hydroxyl groups is 2. The van der Waals surface area contributed by atoms with Crippen molar-refractivity contribution in [3.63, 3.8) is 0 Å². The number of benzene rings is 2. The number of allylic oxidation sites excluding steroid dienone is 4. The monoisotopic (exact) mass is 406 g/mol. The first-order valence-electron chi connectivity index (χ1n) is 8.02. The van der Waals surface area contributed by atoms with Crippen molar-refractivity contribution in [1.29, 1.82) is 0 Å². The normalized spacial score (nSPS) is 13.7. The Balaban J connectivity index is 0. The van der Waals surface area contributed by atoms with Crippen LogP contribution < -0.4 is 12.4 Å². The van der Waals surface area contributed by atoms with Gasteiger partial charge in [0.1, 0.15) is 11.5 Å². The third-order valence-electron chi connectivity index (χ3n) is 4.07. The minimum absolute atomic E-state index is 0. The van der Waals surface area contributed by atoms with Crippen LogP contribution in [0, 0.1) is 11.5 Å². The van der Waals surface area contributed by atoms with Gasteiger partial charge >= 0.3 is 0 Å². The van der Waals surface area contributed by atoms with E-state index in [1.807, 2.05) is 12.1 Å². The number of rotatable bonds is 0. The second-order valence-corrected chi connectivity index (χ2v) is 6.30. The van der Waals surface area contributed by atoms with Crippen molar-refractivity contribution in [2.45, 2.75) is 34.6 Å². The van der Waals surface area contributed by atoms with Gasteiger partial charge in [-0.3, -0.25) is 6.08 Å². The number of phenolic OH excluding ortho intramolecular Hbond substituents is 2. The molecule has 1 aliphatic rings. The first kappa shape index (κ1) is 26.8. The van der Waals surface area contributed by atoms with E-state index in [9.17, 15) is 0 Å².